The molecule has 1 aromatic carbocycles. The summed E-state index contributed by atoms with van der Waals surface area (Å²) < 4.78 is 15.6. The number of aromatic nitrogens is 2. The minimum Gasteiger partial charge on any atom is -0.310 e. The van der Waals surface area contributed by atoms with Crippen LogP contribution in [0.5, 0.6) is 0 Å². The van der Waals surface area contributed by atoms with Gasteiger partial charge in [-0.05, 0) is 12.1 Å². The molecule has 0 saturated carbocycles. The highest BCUT2D eigenvalue weighted by Gasteiger charge is 2.37. The van der Waals surface area contributed by atoms with Crippen molar-refractivity contribution in [2.24, 2.45) is 13.0 Å². The molecule has 1 N–H and O–H groups in total. The molecule has 0 bridgehead atoms. The molecule has 0 unspecified atom stereocenters. The van der Waals surface area contributed by atoms with Crippen LogP contribution in [0.15, 0.2) is 24.3 Å². The lowest BCUT2D eigenvalue weighted by Crippen LogP contribution is -2.29. The first kappa shape index (κ1) is 16.1. The lowest BCUT2D eigenvalue weighted by atomic mass is 10.1. The first-order valence-electron chi connectivity index (χ1n) is 8.03. The Morgan fingerprint density at radius 1 is 1.36 bits per heavy atom. The number of para-hydroxylation sites is 1. The van der Waals surface area contributed by atoms with Crippen molar-refractivity contribution in [2.45, 2.75) is 17.9 Å². The topological polar surface area (TPSA) is 67.2 Å². The Bertz CT molecular complexity index is 866. The third-order valence-electron chi connectivity index (χ3n) is 4.59. The summed E-state index contributed by atoms with van der Waals surface area (Å²) in [5, 5.41) is 7.33. The van der Waals surface area contributed by atoms with E-state index in [0.29, 0.717) is 5.82 Å². The second kappa shape index (κ2) is 6.18. The molecule has 2 amide bonds. The highest BCUT2D eigenvalue weighted by Crippen LogP contribution is 2.35. The van der Waals surface area contributed by atoms with Gasteiger partial charge in [-0.1, -0.05) is 12.1 Å². The van der Waals surface area contributed by atoms with Gasteiger partial charge >= 0.3 is 0 Å². The van der Waals surface area contributed by atoms with Crippen LogP contribution in [0.4, 0.5) is 15.9 Å². The van der Waals surface area contributed by atoms with Gasteiger partial charge in [0, 0.05) is 37.1 Å². The first-order chi connectivity index (χ1) is 12.0. The van der Waals surface area contributed by atoms with E-state index < -0.39 is 11.7 Å². The number of halogens is 1. The zero-order chi connectivity index (χ0) is 17.6. The lowest BCUT2D eigenvalue weighted by molar-refractivity contribution is -0.122. The molecule has 3 heterocycles. The fourth-order valence-electron chi connectivity index (χ4n) is 3.30. The second-order valence-corrected chi connectivity index (χ2v) is 7.22. The minimum atomic E-state index is -0.508. The van der Waals surface area contributed by atoms with E-state index in [1.807, 2.05) is 0 Å². The first-order valence-corrected chi connectivity index (χ1v) is 9.18. The SMILES string of the molecule is Cn1nc2c(c1NC(=O)[C@H]1CC(=O)N(c3ccccc3F)C1)CSC2. The molecule has 4 rings (SSSR count). The van der Waals surface area contributed by atoms with Gasteiger partial charge in [-0.25, -0.2) is 4.39 Å². The Morgan fingerprint density at radius 3 is 2.96 bits per heavy atom. The van der Waals surface area contributed by atoms with Crippen LogP contribution in [0.2, 0.25) is 0 Å². The summed E-state index contributed by atoms with van der Waals surface area (Å²) in [5.41, 5.74) is 2.27. The smallest absolute Gasteiger partial charge is 0.230 e. The third kappa shape index (κ3) is 2.80. The fourth-order valence-corrected chi connectivity index (χ4v) is 4.34. The van der Waals surface area contributed by atoms with Gasteiger partial charge in [0.25, 0.3) is 0 Å². The summed E-state index contributed by atoms with van der Waals surface area (Å²) in [5.74, 6) is 0.934. The van der Waals surface area contributed by atoms with Gasteiger partial charge in [0.2, 0.25) is 11.8 Å². The number of hydrogen-bond acceptors (Lipinski definition) is 4. The summed E-state index contributed by atoms with van der Waals surface area (Å²) in [6, 6.07) is 6.12. The van der Waals surface area contributed by atoms with Crippen LogP contribution >= 0.6 is 11.8 Å². The van der Waals surface area contributed by atoms with Crippen molar-refractivity contribution in [3.8, 4) is 0 Å². The van der Waals surface area contributed by atoms with Gasteiger partial charge in [0.05, 0.1) is 17.3 Å². The van der Waals surface area contributed by atoms with E-state index in [4.69, 9.17) is 0 Å². The zero-order valence-corrected chi connectivity index (χ0v) is 14.5. The van der Waals surface area contributed by atoms with Crippen molar-refractivity contribution in [3.63, 3.8) is 0 Å². The number of aryl methyl sites for hydroxylation is 1. The van der Waals surface area contributed by atoms with E-state index >= 15 is 0 Å². The minimum absolute atomic E-state index is 0.0783. The quantitative estimate of drug-likeness (QED) is 0.912. The van der Waals surface area contributed by atoms with Crippen LogP contribution in [-0.4, -0.2) is 28.1 Å². The van der Waals surface area contributed by atoms with E-state index in [-0.39, 0.29) is 30.5 Å². The number of anilines is 2. The molecular formula is C17H17FN4O2S. The maximum atomic E-state index is 13.9. The van der Waals surface area contributed by atoms with Crippen LogP contribution in [0, 0.1) is 11.7 Å². The van der Waals surface area contributed by atoms with Crippen LogP contribution in [0.3, 0.4) is 0 Å². The van der Waals surface area contributed by atoms with Crippen molar-refractivity contribution in [3.05, 3.63) is 41.3 Å². The van der Waals surface area contributed by atoms with E-state index in [2.05, 4.69) is 10.4 Å². The Balaban J connectivity index is 1.51. The summed E-state index contributed by atoms with van der Waals surface area (Å²) in [6.07, 6.45) is 0.0783. The van der Waals surface area contributed by atoms with Crippen LogP contribution < -0.4 is 10.2 Å². The fraction of sp³-hybridized carbons (Fsp3) is 0.353. The van der Waals surface area contributed by atoms with Crippen LogP contribution in [-0.2, 0) is 28.1 Å². The standard InChI is InChI=1S/C17H17FN4O2S/c1-21-16(11-8-25-9-13(11)20-21)19-17(24)10-6-15(23)22(7-10)14-5-3-2-4-12(14)18/h2-5,10H,6-9H2,1H3,(H,19,24)/t10-/m0/s1. The molecule has 6 nitrogen and oxygen atoms in total. The molecule has 1 atom stereocenters. The molecule has 25 heavy (non-hydrogen) atoms. The molecule has 2 aliphatic heterocycles. The Kier molecular flexibility index (Phi) is 3.99. The molecule has 1 fully saturated rings. The average Bonchev–Trinajstić information content (AvgIpc) is 3.25. The van der Waals surface area contributed by atoms with Gasteiger partial charge in [-0.15, -0.1) is 0 Å². The highest BCUT2D eigenvalue weighted by molar-refractivity contribution is 7.98. The summed E-state index contributed by atoms with van der Waals surface area (Å²) in [7, 11) is 1.80. The number of amides is 2. The Hall–Kier alpha value is -2.35. The van der Waals surface area contributed by atoms with E-state index in [1.54, 1.807) is 41.7 Å². The predicted molar refractivity (Wildman–Crippen MR) is 93.7 cm³/mol. The lowest BCUT2D eigenvalue weighted by Gasteiger charge is -2.17. The maximum absolute atomic E-state index is 13.9. The number of carbonyl (C=O) groups excluding carboxylic acids is 2. The number of benzene rings is 1. The molecule has 130 valence electrons. The van der Waals surface area contributed by atoms with Gasteiger partial charge < -0.3 is 10.2 Å². The number of hydrogen-bond donors (Lipinski definition) is 1. The monoisotopic (exact) mass is 360 g/mol. The Morgan fingerprint density at radius 2 is 2.16 bits per heavy atom. The summed E-state index contributed by atoms with van der Waals surface area (Å²) in [4.78, 5) is 26.2. The number of fused-ring (bicyclic) bond motifs is 1. The van der Waals surface area contributed by atoms with Gasteiger partial charge in [0.15, 0.2) is 0 Å². The molecule has 2 aliphatic rings. The number of rotatable bonds is 3. The third-order valence-corrected chi connectivity index (χ3v) is 5.56. The van der Waals surface area contributed by atoms with Gasteiger partial charge in [-0.3, -0.25) is 14.3 Å². The molecule has 1 aromatic heterocycles. The number of nitrogens with zero attached hydrogens (tertiary/aromatic N) is 3. The Labute approximate surface area is 148 Å². The zero-order valence-electron chi connectivity index (χ0n) is 13.7. The van der Waals surface area contributed by atoms with E-state index in [9.17, 15) is 14.0 Å². The van der Waals surface area contributed by atoms with Crippen molar-refractivity contribution in [1.82, 2.24) is 9.78 Å². The largest absolute Gasteiger partial charge is 0.310 e. The van der Waals surface area contributed by atoms with Gasteiger partial charge in [-0.2, -0.15) is 16.9 Å². The molecular weight excluding hydrogens is 343 g/mol. The molecule has 2 aromatic rings. The van der Waals surface area contributed by atoms with Crippen molar-refractivity contribution in [1.29, 1.82) is 0 Å². The van der Waals surface area contributed by atoms with Crippen molar-refractivity contribution in [2.75, 3.05) is 16.8 Å². The molecule has 0 spiro atoms. The average molecular weight is 360 g/mol. The summed E-state index contributed by atoms with van der Waals surface area (Å²) in [6.45, 7) is 0.181. The second-order valence-electron chi connectivity index (χ2n) is 6.24. The van der Waals surface area contributed by atoms with Crippen LogP contribution in [0.25, 0.3) is 0 Å². The normalized spacial score (nSPS) is 19.4. The van der Waals surface area contributed by atoms with E-state index in [0.717, 1.165) is 22.8 Å². The molecule has 1 saturated heterocycles. The maximum Gasteiger partial charge on any atom is 0.230 e. The molecule has 0 radical (unpaired) electrons. The predicted octanol–water partition coefficient (Wildman–Crippen LogP) is 2.30. The van der Waals surface area contributed by atoms with Crippen molar-refractivity contribution >= 4 is 35.1 Å². The molecule has 0 aliphatic carbocycles. The number of carbonyl (C=O) groups is 2. The highest BCUT2D eigenvalue weighted by atomic mass is 32.2. The van der Waals surface area contributed by atoms with Gasteiger partial charge in [0.1, 0.15) is 11.6 Å². The van der Waals surface area contributed by atoms with E-state index in [1.165, 1.54) is 11.0 Å². The van der Waals surface area contributed by atoms with Crippen molar-refractivity contribution < 1.29 is 14.0 Å². The molecule has 8 heteroatoms. The summed E-state index contributed by atoms with van der Waals surface area (Å²) >= 11 is 1.76. The number of thioether (sulfide) groups is 1. The number of nitrogens with one attached hydrogen (secondary N) is 1. The van der Waals surface area contributed by atoms with Crippen LogP contribution in [0.1, 0.15) is 17.7 Å².